The van der Waals surface area contributed by atoms with Gasteiger partial charge >= 0.3 is 0 Å². The Morgan fingerprint density at radius 2 is 1.04 bits per heavy atom. The van der Waals surface area contributed by atoms with Gasteiger partial charge in [0.25, 0.3) is 0 Å². The molecule has 0 radical (unpaired) electrons. The zero-order chi connectivity index (χ0) is 18.5. The number of thiocarbonyl (C=S) groups is 2. The van der Waals surface area contributed by atoms with Crippen molar-refractivity contribution >= 4 is 47.1 Å². The molecular weight excluding hydrogens is 364 g/mol. The van der Waals surface area contributed by atoms with Crippen molar-refractivity contribution in [2.75, 3.05) is 0 Å². The molecule has 2 aromatic carbocycles. The highest BCUT2D eigenvalue weighted by Gasteiger charge is 2.30. The van der Waals surface area contributed by atoms with E-state index in [0.29, 0.717) is 0 Å². The zero-order valence-electron chi connectivity index (χ0n) is 13.8. The number of rotatable bonds is 4. The Morgan fingerprint density at radius 3 is 1.31 bits per heavy atom. The van der Waals surface area contributed by atoms with Crippen LogP contribution in [0.15, 0.2) is 58.7 Å². The van der Waals surface area contributed by atoms with Crippen molar-refractivity contribution in [3.05, 3.63) is 70.8 Å². The highest BCUT2D eigenvalue weighted by molar-refractivity contribution is 7.80. The van der Waals surface area contributed by atoms with Gasteiger partial charge in [0, 0.05) is 24.3 Å². The molecule has 0 unspecified atom stereocenters. The van der Waals surface area contributed by atoms with Crippen LogP contribution in [0.4, 0.5) is 0 Å². The number of nitrogens with two attached hydrogens (primary N) is 2. The molecule has 0 amide bonds. The molecule has 0 aliphatic heterocycles. The summed E-state index contributed by atoms with van der Waals surface area (Å²) in [5.74, 6) is -0.0325. The summed E-state index contributed by atoms with van der Waals surface area (Å²) in [6.45, 7) is 0. The number of nitrogens with zero attached hydrogens (tertiary/aromatic N) is 2. The van der Waals surface area contributed by atoms with E-state index in [1.807, 2.05) is 36.7 Å². The van der Waals surface area contributed by atoms with Crippen LogP contribution in [0, 0.1) is 0 Å². The summed E-state index contributed by atoms with van der Waals surface area (Å²) in [6, 6.07) is 16.4. The first kappa shape index (κ1) is 18.0. The molecule has 3 rings (SSSR count). The molecule has 8 heteroatoms. The molecule has 132 valence electrons. The molecule has 0 saturated carbocycles. The second-order valence-corrected chi connectivity index (χ2v) is 6.60. The van der Waals surface area contributed by atoms with Crippen molar-refractivity contribution in [2.24, 2.45) is 21.7 Å². The van der Waals surface area contributed by atoms with Crippen LogP contribution in [-0.4, -0.2) is 22.7 Å². The first-order valence-corrected chi connectivity index (χ1v) is 8.74. The molecule has 6 N–H and O–H groups in total. The van der Waals surface area contributed by atoms with Crippen LogP contribution < -0.4 is 22.3 Å². The third-order valence-corrected chi connectivity index (χ3v) is 4.31. The number of hydrogen-bond donors (Lipinski definition) is 4. The maximum Gasteiger partial charge on any atom is 0.184 e. The standard InChI is InChI=1S/C18H18N6S2/c19-17(25)23-21-9-15-11-5-1-2-6-12(11)16(10-22-24-18(20)26)14-8-4-3-7-13(14)15/h1-10,15-16H,(H3,19,23,25)(H3,20,24,26)/b21-9+,22-10+. The summed E-state index contributed by atoms with van der Waals surface area (Å²) in [6.07, 6.45) is 3.63. The molecule has 0 spiro atoms. The van der Waals surface area contributed by atoms with Gasteiger partial charge in [-0.15, -0.1) is 0 Å². The zero-order valence-corrected chi connectivity index (χ0v) is 15.4. The van der Waals surface area contributed by atoms with E-state index in [1.54, 1.807) is 0 Å². The Morgan fingerprint density at radius 1 is 0.731 bits per heavy atom. The summed E-state index contributed by atoms with van der Waals surface area (Å²) in [4.78, 5) is 0. The lowest BCUT2D eigenvalue weighted by Crippen LogP contribution is -2.26. The fourth-order valence-corrected chi connectivity index (χ4v) is 3.27. The van der Waals surface area contributed by atoms with E-state index in [4.69, 9.17) is 35.9 Å². The molecule has 1 aliphatic rings. The van der Waals surface area contributed by atoms with E-state index in [0.717, 1.165) is 22.3 Å². The highest BCUT2D eigenvalue weighted by Crippen LogP contribution is 2.41. The van der Waals surface area contributed by atoms with E-state index >= 15 is 0 Å². The molecule has 1 aliphatic carbocycles. The summed E-state index contributed by atoms with van der Waals surface area (Å²) < 4.78 is 0. The normalized spacial score (nSPS) is 18.3. The molecular formula is C18H18N6S2. The van der Waals surface area contributed by atoms with Gasteiger partial charge in [-0.05, 0) is 46.7 Å². The average Bonchev–Trinajstić information content (AvgIpc) is 2.62. The predicted molar refractivity (Wildman–Crippen MR) is 113 cm³/mol. The summed E-state index contributed by atoms with van der Waals surface area (Å²) >= 11 is 9.63. The Labute approximate surface area is 162 Å². The molecule has 6 nitrogen and oxygen atoms in total. The lowest BCUT2D eigenvalue weighted by Gasteiger charge is -2.30. The van der Waals surface area contributed by atoms with Gasteiger partial charge < -0.3 is 11.5 Å². The largest absolute Gasteiger partial charge is 0.375 e. The van der Waals surface area contributed by atoms with Gasteiger partial charge in [0.05, 0.1) is 0 Å². The highest BCUT2D eigenvalue weighted by atomic mass is 32.1. The summed E-state index contributed by atoms with van der Waals surface area (Å²) in [7, 11) is 0. The third-order valence-electron chi connectivity index (χ3n) is 4.13. The molecule has 0 bridgehead atoms. The van der Waals surface area contributed by atoms with Crippen molar-refractivity contribution in [1.82, 2.24) is 10.9 Å². The summed E-state index contributed by atoms with van der Waals surface area (Å²) in [5, 5.41) is 8.63. The first-order valence-electron chi connectivity index (χ1n) is 7.93. The number of hydrogen-bond acceptors (Lipinski definition) is 4. The number of fused-ring (bicyclic) bond motifs is 2. The van der Waals surface area contributed by atoms with E-state index < -0.39 is 0 Å². The van der Waals surface area contributed by atoms with E-state index in [9.17, 15) is 0 Å². The molecule has 0 aromatic heterocycles. The van der Waals surface area contributed by atoms with Crippen LogP contribution in [0.5, 0.6) is 0 Å². The molecule has 2 aromatic rings. The number of hydrazone groups is 2. The molecule has 0 fully saturated rings. The monoisotopic (exact) mass is 382 g/mol. The average molecular weight is 383 g/mol. The van der Waals surface area contributed by atoms with Crippen molar-refractivity contribution in [3.8, 4) is 0 Å². The second kappa shape index (κ2) is 8.03. The minimum Gasteiger partial charge on any atom is -0.375 e. The van der Waals surface area contributed by atoms with Crippen molar-refractivity contribution in [1.29, 1.82) is 0 Å². The van der Waals surface area contributed by atoms with Gasteiger partial charge in [0.1, 0.15) is 0 Å². The first-order chi connectivity index (χ1) is 12.6. The third kappa shape index (κ3) is 3.87. The minimum atomic E-state index is -0.0163. The number of benzene rings is 2. The van der Waals surface area contributed by atoms with Crippen LogP contribution in [0.1, 0.15) is 34.1 Å². The molecule has 0 saturated heterocycles. The van der Waals surface area contributed by atoms with Crippen LogP contribution in [0.25, 0.3) is 0 Å². The maximum absolute atomic E-state index is 5.46. The van der Waals surface area contributed by atoms with Crippen LogP contribution in [0.2, 0.25) is 0 Å². The van der Waals surface area contributed by atoms with Crippen LogP contribution >= 0.6 is 24.4 Å². The van der Waals surface area contributed by atoms with E-state index in [-0.39, 0.29) is 22.1 Å². The van der Waals surface area contributed by atoms with E-state index in [2.05, 4.69) is 45.3 Å². The van der Waals surface area contributed by atoms with Gasteiger partial charge in [0.2, 0.25) is 0 Å². The fourth-order valence-electron chi connectivity index (χ4n) is 3.16. The topological polar surface area (TPSA) is 101 Å². The molecule has 0 heterocycles. The van der Waals surface area contributed by atoms with E-state index in [1.165, 1.54) is 0 Å². The van der Waals surface area contributed by atoms with Gasteiger partial charge in [0.15, 0.2) is 10.2 Å². The quantitative estimate of drug-likeness (QED) is 0.366. The van der Waals surface area contributed by atoms with Crippen LogP contribution in [-0.2, 0) is 0 Å². The smallest absolute Gasteiger partial charge is 0.184 e. The minimum absolute atomic E-state index is 0.0163. The Balaban J connectivity index is 2.06. The van der Waals surface area contributed by atoms with Crippen molar-refractivity contribution in [3.63, 3.8) is 0 Å². The molecule has 26 heavy (non-hydrogen) atoms. The predicted octanol–water partition coefficient (Wildman–Crippen LogP) is 1.90. The van der Waals surface area contributed by atoms with Gasteiger partial charge in [-0.2, -0.15) is 10.2 Å². The van der Waals surface area contributed by atoms with Gasteiger partial charge in [-0.1, -0.05) is 48.5 Å². The fraction of sp³-hybridized carbons (Fsp3) is 0.111. The maximum atomic E-state index is 5.46. The summed E-state index contributed by atoms with van der Waals surface area (Å²) in [5.41, 5.74) is 20.8. The van der Waals surface area contributed by atoms with Crippen molar-refractivity contribution in [2.45, 2.75) is 11.8 Å². The SMILES string of the molecule is NC(=S)N/N=C/C1c2ccccc2C(/C=N/NC(N)=S)c2ccccc21. The Hall–Kier alpha value is -2.84. The Bertz CT molecular complexity index is 773. The second-order valence-electron chi connectivity index (χ2n) is 5.72. The lowest BCUT2D eigenvalue weighted by atomic mass is 9.73. The number of nitrogens with one attached hydrogen (secondary N) is 2. The van der Waals surface area contributed by atoms with Gasteiger partial charge in [-0.25, -0.2) is 0 Å². The molecule has 0 atom stereocenters. The van der Waals surface area contributed by atoms with Crippen LogP contribution in [0.3, 0.4) is 0 Å². The lowest BCUT2D eigenvalue weighted by molar-refractivity contribution is 0.900. The van der Waals surface area contributed by atoms with Gasteiger partial charge in [-0.3, -0.25) is 10.9 Å². The Kier molecular flexibility index (Phi) is 5.55. The van der Waals surface area contributed by atoms with Crippen molar-refractivity contribution < 1.29 is 0 Å².